The van der Waals surface area contributed by atoms with Crippen LogP contribution in [0.2, 0.25) is 0 Å². The lowest BCUT2D eigenvalue weighted by molar-refractivity contribution is -0.151. The third-order valence-electron chi connectivity index (χ3n) is 8.14. The first kappa shape index (κ1) is 28.5. The standard InChI is InChI=1S/C33H37N5O5/c1-33(2,3)43-32(41)36-18-16-35(17-19-36)23-9-12-27-26(20-23)25-6-5-15-34-30(25)38(27)28-13-14-29(39)37(31(28)40)21-22-7-10-24(42-4)11-8-22/h5-12,15,20,28H,13-14,16-19,21H2,1-4H3. The molecule has 43 heavy (non-hydrogen) atoms. The molecular weight excluding hydrogens is 546 g/mol. The van der Waals surface area contributed by atoms with Gasteiger partial charge in [-0.25, -0.2) is 9.78 Å². The lowest BCUT2D eigenvalue weighted by atomic mass is 10.0. The SMILES string of the molecule is COc1ccc(CN2C(=O)CCC(n3c4ccc(N5CCN(C(=O)OC(C)(C)C)CC5)cc4c4cccnc43)C2=O)cc1. The molecule has 4 aromatic rings. The first-order valence-electron chi connectivity index (χ1n) is 14.7. The average Bonchev–Trinajstić information content (AvgIpc) is 3.32. The Morgan fingerprint density at radius 2 is 1.72 bits per heavy atom. The number of imide groups is 1. The Morgan fingerprint density at radius 1 is 0.977 bits per heavy atom. The van der Waals surface area contributed by atoms with E-state index in [0.29, 0.717) is 32.6 Å². The van der Waals surface area contributed by atoms with E-state index in [9.17, 15) is 14.4 Å². The highest BCUT2D eigenvalue weighted by Crippen LogP contribution is 2.37. The second kappa shape index (κ2) is 11.2. The van der Waals surface area contributed by atoms with E-state index < -0.39 is 11.6 Å². The van der Waals surface area contributed by atoms with Crippen LogP contribution in [-0.4, -0.2) is 76.1 Å². The highest BCUT2D eigenvalue weighted by molar-refractivity contribution is 6.09. The largest absolute Gasteiger partial charge is 0.497 e. The summed E-state index contributed by atoms with van der Waals surface area (Å²) in [5, 5.41) is 1.96. The monoisotopic (exact) mass is 583 g/mol. The minimum Gasteiger partial charge on any atom is -0.497 e. The summed E-state index contributed by atoms with van der Waals surface area (Å²) in [6.45, 7) is 8.35. The predicted octanol–water partition coefficient (Wildman–Crippen LogP) is 5.15. The number of fused-ring (bicyclic) bond motifs is 3. The number of aromatic nitrogens is 2. The van der Waals surface area contributed by atoms with E-state index in [0.717, 1.165) is 38.9 Å². The highest BCUT2D eigenvalue weighted by Gasteiger charge is 2.37. The fourth-order valence-electron chi connectivity index (χ4n) is 5.99. The van der Waals surface area contributed by atoms with Crippen LogP contribution in [0.25, 0.3) is 21.9 Å². The molecule has 0 radical (unpaired) electrons. The van der Waals surface area contributed by atoms with E-state index in [2.05, 4.69) is 17.0 Å². The van der Waals surface area contributed by atoms with Gasteiger partial charge in [0.05, 0.1) is 19.2 Å². The van der Waals surface area contributed by atoms with Crippen LogP contribution in [0.15, 0.2) is 60.8 Å². The second-order valence-corrected chi connectivity index (χ2v) is 12.1. The first-order chi connectivity index (χ1) is 20.6. The fourth-order valence-corrected chi connectivity index (χ4v) is 5.99. The highest BCUT2D eigenvalue weighted by atomic mass is 16.6. The number of benzene rings is 2. The third-order valence-corrected chi connectivity index (χ3v) is 8.14. The van der Waals surface area contributed by atoms with Crippen LogP contribution in [0.3, 0.4) is 0 Å². The van der Waals surface area contributed by atoms with E-state index in [4.69, 9.17) is 14.5 Å². The number of nitrogens with zero attached hydrogens (tertiary/aromatic N) is 5. The number of likely N-dealkylation sites (tertiary alicyclic amines) is 1. The topological polar surface area (TPSA) is 97.2 Å². The number of rotatable bonds is 5. The minimum atomic E-state index is -0.547. The third kappa shape index (κ3) is 5.61. The number of methoxy groups -OCH3 is 1. The molecule has 0 aliphatic carbocycles. The number of carbonyl (C=O) groups is 3. The molecule has 0 N–H and O–H groups in total. The molecule has 6 rings (SSSR count). The number of amides is 3. The van der Waals surface area contributed by atoms with Crippen molar-refractivity contribution in [2.45, 2.75) is 51.8 Å². The molecule has 2 aliphatic rings. The van der Waals surface area contributed by atoms with Gasteiger partial charge in [-0.05, 0) is 75.2 Å². The first-order valence-corrected chi connectivity index (χ1v) is 14.7. The molecule has 2 fully saturated rings. The van der Waals surface area contributed by atoms with E-state index in [1.165, 1.54) is 4.90 Å². The number of carbonyl (C=O) groups excluding carboxylic acids is 3. The maximum Gasteiger partial charge on any atom is 0.410 e. The average molecular weight is 584 g/mol. The molecule has 224 valence electrons. The summed E-state index contributed by atoms with van der Waals surface area (Å²) in [7, 11) is 1.60. The molecule has 2 aliphatic heterocycles. The summed E-state index contributed by atoms with van der Waals surface area (Å²) < 4.78 is 12.8. The predicted molar refractivity (Wildman–Crippen MR) is 164 cm³/mol. The zero-order chi connectivity index (χ0) is 30.3. The van der Waals surface area contributed by atoms with E-state index in [-0.39, 0.29) is 30.9 Å². The van der Waals surface area contributed by atoms with Crippen LogP contribution in [0.1, 0.15) is 45.2 Å². The zero-order valence-electron chi connectivity index (χ0n) is 25.1. The van der Waals surface area contributed by atoms with Crippen molar-refractivity contribution in [3.8, 4) is 5.75 Å². The van der Waals surface area contributed by atoms with Crippen molar-refractivity contribution in [3.05, 3.63) is 66.4 Å². The van der Waals surface area contributed by atoms with Crippen molar-refractivity contribution in [2.75, 3.05) is 38.2 Å². The Morgan fingerprint density at radius 3 is 2.42 bits per heavy atom. The molecule has 10 heteroatoms. The van der Waals surface area contributed by atoms with Crippen LogP contribution in [0.4, 0.5) is 10.5 Å². The van der Waals surface area contributed by atoms with Crippen LogP contribution in [0, 0.1) is 0 Å². The Hall–Kier alpha value is -4.60. The molecular formula is C33H37N5O5. The summed E-state index contributed by atoms with van der Waals surface area (Å²) in [4.78, 5) is 49.5. The van der Waals surface area contributed by atoms with Crippen LogP contribution in [-0.2, 0) is 20.9 Å². The molecule has 10 nitrogen and oxygen atoms in total. The summed E-state index contributed by atoms with van der Waals surface area (Å²) in [5.74, 6) is 0.330. The number of hydrogen-bond donors (Lipinski definition) is 0. The smallest absolute Gasteiger partial charge is 0.410 e. The van der Waals surface area contributed by atoms with Crippen LogP contribution in [0.5, 0.6) is 5.75 Å². The zero-order valence-corrected chi connectivity index (χ0v) is 25.1. The van der Waals surface area contributed by atoms with Gasteiger partial charge in [0.25, 0.3) is 5.91 Å². The molecule has 3 amide bonds. The quantitative estimate of drug-likeness (QED) is 0.300. The van der Waals surface area contributed by atoms with Crippen molar-refractivity contribution in [3.63, 3.8) is 0 Å². The second-order valence-electron chi connectivity index (χ2n) is 12.1. The molecule has 2 aromatic heterocycles. The number of ether oxygens (including phenoxy) is 2. The maximum absolute atomic E-state index is 13.9. The van der Waals surface area contributed by atoms with Crippen LogP contribution >= 0.6 is 0 Å². The Balaban J connectivity index is 1.28. The maximum atomic E-state index is 13.9. The van der Waals surface area contributed by atoms with E-state index in [1.54, 1.807) is 18.2 Å². The van der Waals surface area contributed by atoms with Gasteiger partial charge in [-0.1, -0.05) is 12.1 Å². The number of pyridine rings is 1. The molecule has 2 saturated heterocycles. The number of piperidine rings is 1. The molecule has 0 saturated carbocycles. The molecule has 4 heterocycles. The van der Waals surface area contributed by atoms with E-state index >= 15 is 0 Å². The van der Waals surface area contributed by atoms with Crippen molar-refractivity contribution in [1.29, 1.82) is 0 Å². The van der Waals surface area contributed by atoms with Crippen LogP contribution < -0.4 is 9.64 Å². The summed E-state index contributed by atoms with van der Waals surface area (Å²) in [6.07, 6.45) is 2.15. The van der Waals surface area contributed by atoms with Crippen molar-refractivity contribution in [1.82, 2.24) is 19.4 Å². The Kier molecular flexibility index (Phi) is 7.45. The van der Waals surface area contributed by atoms with Crippen molar-refractivity contribution >= 4 is 45.5 Å². The van der Waals surface area contributed by atoms with Gasteiger partial charge >= 0.3 is 6.09 Å². The molecule has 1 atom stereocenters. The van der Waals surface area contributed by atoms with Crippen molar-refractivity contribution < 1.29 is 23.9 Å². The van der Waals surface area contributed by atoms with Gasteiger partial charge in [0.15, 0.2) is 0 Å². The number of hydrogen-bond acceptors (Lipinski definition) is 7. The summed E-state index contributed by atoms with van der Waals surface area (Å²) in [5.41, 5.74) is 3.01. The lowest BCUT2D eigenvalue weighted by Gasteiger charge is -2.36. The number of piperazine rings is 1. The molecule has 1 unspecified atom stereocenters. The van der Waals surface area contributed by atoms with Gasteiger partial charge in [0.1, 0.15) is 23.0 Å². The van der Waals surface area contributed by atoms with Gasteiger partial charge in [0.2, 0.25) is 5.91 Å². The van der Waals surface area contributed by atoms with Gasteiger partial charge in [0, 0.05) is 55.3 Å². The summed E-state index contributed by atoms with van der Waals surface area (Å²) in [6, 6.07) is 17.0. The van der Waals surface area contributed by atoms with Gasteiger partial charge in [-0.3, -0.25) is 14.5 Å². The molecule has 2 aromatic carbocycles. The fraction of sp³-hybridized carbons (Fsp3) is 0.394. The van der Waals surface area contributed by atoms with Crippen molar-refractivity contribution in [2.24, 2.45) is 0 Å². The normalized spacial score (nSPS) is 18.0. The lowest BCUT2D eigenvalue weighted by Crippen LogP contribution is -2.50. The number of anilines is 1. The van der Waals surface area contributed by atoms with Gasteiger partial charge in [-0.2, -0.15) is 0 Å². The van der Waals surface area contributed by atoms with Gasteiger partial charge in [-0.15, -0.1) is 0 Å². The summed E-state index contributed by atoms with van der Waals surface area (Å²) >= 11 is 0. The minimum absolute atomic E-state index is 0.168. The molecule has 0 spiro atoms. The van der Waals surface area contributed by atoms with E-state index in [1.807, 2.05) is 67.8 Å². The van der Waals surface area contributed by atoms with Gasteiger partial charge < -0.3 is 23.8 Å². The Bertz CT molecular complexity index is 1680. The molecule has 0 bridgehead atoms. The Labute approximate surface area is 250 Å².